The summed E-state index contributed by atoms with van der Waals surface area (Å²) in [7, 11) is 0. The summed E-state index contributed by atoms with van der Waals surface area (Å²) in [6, 6.07) is 12.0. The van der Waals surface area contributed by atoms with E-state index in [9.17, 15) is 19.2 Å². The first kappa shape index (κ1) is 20.5. The van der Waals surface area contributed by atoms with Crippen LogP contribution in [0, 0.1) is 6.92 Å². The number of esters is 1. The van der Waals surface area contributed by atoms with Crippen LogP contribution < -0.4 is 5.32 Å². The molecule has 7 nitrogen and oxygen atoms in total. The summed E-state index contributed by atoms with van der Waals surface area (Å²) in [6.45, 7) is 1.18. The minimum absolute atomic E-state index is 0.0974. The lowest BCUT2D eigenvalue weighted by Gasteiger charge is -2.26. The molecule has 0 radical (unpaired) electrons. The number of carbonyl (C=O) groups is 4. The molecule has 0 fully saturated rings. The zero-order valence-corrected chi connectivity index (χ0v) is 16.5. The number of amides is 3. The standard InChI is InChI=1S/C21H19ClN2O5/c1-13-16(22)7-4-8-17(13)23-18(25)12-29-20(27)9-10-24-19(26)11-14-5-2-3-6-15(14)21(24)28/h2-8H,9-12H2,1H3,(H,23,25). The molecule has 1 aliphatic heterocycles. The Hall–Kier alpha value is -3.19. The third-order valence-electron chi connectivity index (χ3n) is 4.58. The molecular weight excluding hydrogens is 396 g/mol. The van der Waals surface area contributed by atoms with Gasteiger partial charge in [0.1, 0.15) is 0 Å². The second-order valence-electron chi connectivity index (χ2n) is 6.56. The lowest BCUT2D eigenvalue weighted by atomic mass is 9.98. The molecule has 0 saturated heterocycles. The van der Waals surface area contributed by atoms with Crippen LogP contribution in [-0.4, -0.2) is 41.7 Å². The van der Waals surface area contributed by atoms with Crippen molar-refractivity contribution in [2.45, 2.75) is 19.8 Å². The van der Waals surface area contributed by atoms with Gasteiger partial charge in [0.05, 0.1) is 12.8 Å². The van der Waals surface area contributed by atoms with Gasteiger partial charge in [0.25, 0.3) is 11.8 Å². The largest absolute Gasteiger partial charge is 0.456 e. The van der Waals surface area contributed by atoms with Crippen LogP contribution >= 0.6 is 11.6 Å². The molecule has 2 aromatic carbocycles. The number of carbonyl (C=O) groups excluding carboxylic acids is 4. The minimum Gasteiger partial charge on any atom is -0.456 e. The third kappa shape index (κ3) is 4.81. The van der Waals surface area contributed by atoms with Crippen LogP contribution in [0.15, 0.2) is 42.5 Å². The van der Waals surface area contributed by atoms with Gasteiger partial charge in [-0.15, -0.1) is 0 Å². The third-order valence-corrected chi connectivity index (χ3v) is 4.99. The van der Waals surface area contributed by atoms with Gasteiger partial charge in [-0.2, -0.15) is 0 Å². The topological polar surface area (TPSA) is 92.8 Å². The quantitative estimate of drug-likeness (QED) is 0.579. The van der Waals surface area contributed by atoms with Crippen molar-refractivity contribution < 1.29 is 23.9 Å². The van der Waals surface area contributed by atoms with Crippen molar-refractivity contribution in [1.29, 1.82) is 0 Å². The maximum atomic E-state index is 12.4. The molecule has 29 heavy (non-hydrogen) atoms. The zero-order chi connectivity index (χ0) is 21.0. The predicted molar refractivity (Wildman–Crippen MR) is 107 cm³/mol. The van der Waals surface area contributed by atoms with Gasteiger partial charge in [0.15, 0.2) is 6.61 Å². The van der Waals surface area contributed by atoms with Crippen molar-refractivity contribution in [3.63, 3.8) is 0 Å². The second kappa shape index (κ2) is 8.87. The Morgan fingerprint density at radius 3 is 2.69 bits per heavy atom. The van der Waals surface area contributed by atoms with E-state index in [-0.39, 0.29) is 25.3 Å². The fourth-order valence-electron chi connectivity index (χ4n) is 2.98. The Labute approximate surface area is 172 Å². The molecule has 8 heteroatoms. The molecule has 2 aromatic rings. The van der Waals surface area contributed by atoms with Gasteiger partial charge >= 0.3 is 5.97 Å². The SMILES string of the molecule is Cc1c(Cl)cccc1NC(=O)COC(=O)CCN1C(=O)Cc2ccccc2C1=O. The van der Waals surface area contributed by atoms with Crippen molar-refractivity contribution in [2.75, 3.05) is 18.5 Å². The maximum absolute atomic E-state index is 12.4. The van der Waals surface area contributed by atoms with Crippen molar-refractivity contribution in [1.82, 2.24) is 4.90 Å². The van der Waals surface area contributed by atoms with Crippen molar-refractivity contribution >= 4 is 41.0 Å². The monoisotopic (exact) mass is 414 g/mol. The number of hydrogen-bond donors (Lipinski definition) is 1. The van der Waals surface area contributed by atoms with E-state index >= 15 is 0 Å². The van der Waals surface area contributed by atoms with E-state index in [0.29, 0.717) is 27.4 Å². The van der Waals surface area contributed by atoms with Crippen LogP contribution in [0.25, 0.3) is 0 Å². The van der Waals surface area contributed by atoms with E-state index in [1.165, 1.54) is 0 Å². The van der Waals surface area contributed by atoms with E-state index in [4.69, 9.17) is 16.3 Å². The normalized spacial score (nSPS) is 13.1. The lowest BCUT2D eigenvalue weighted by Crippen LogP contribution is -2.43. The van der Waals surface area contributed by atoms with E-state index in [2.05, 4.69) is 5.32 Å². The Morgan fingerprint density at radius 2 is 1.90 bits per heavy atom. The van der Waals surface area contributed by atoms with Gasteiger partial charge in [0, 0.05) is 22.8 Å². The Balaban J connectivity index is 1.49. The number of fused-ring (bicyclic) bond motifs is 1. The van der Waals surface area contributed by atoms with Crippen LogP contribution in [0.2, 0.25) is 5.02 Å². The van der Waals surface area contributed by atoms with Gasteiger partial charge < -0.3 is 10.1 Å². The van der Waals surface area contributed by atoms with Crippen molar-refractivity contribution in [2.24, 2.45) is 0 Å². The molecule has 1 aliphatic rings. The number of rotatable bonds is 6. The van der Waals surface area contributed by atoms with Gasteiger partial charge in [-0.25, -0.2) is 0 Å². The fourth-order valence-corrected chi connectivity index (χ4v) is 3.15. The summed E-state index contributed by atoms with van der Waals surface area (Å²) in [5, 5.41) is 3.13. The summed E-state index contributed by atoms with van der Waals surface area (Å²) in [6.07, 6.45) is -0.0819. The molecule has 0 saturated carbocycles. The highest BCUT2D eigenvalue weighted by Gasteiger charge is 2.30. The molecule has 0 aliphatic carbocycles. The summed E-state index contributed by atoms with van der Waals surface area (Å²) >= 11 is 6.00. The van der Waals surface area contributed by atoms with Crippen LogP contribution in [0.3, 0.4) is 0 Å². The smallest absolute Gasteiger partial charge is 0.308 e. The molecule has 0 aromatic heterocycles. The lowest BCUT2D eigenvalue weighted by molar-refractivity contribution is -0.147. The number of nitrogens with one attached hydrogen (secondary N) is 1. The maximum Gasteiger partial charge on any atom is 0.308 e. The molecule has 1 N–H and O–H groups in total. The minimum atomic E-state index is -0.678. The first-order valence-corrected chi connectivity index (χ1v) is 9.38. The van der Waals surface area contributed by atoms with Crippen molar-refractivity contribution in [3.05, 3.63) is 64.2 Å². The zero-order valence-electron chi connectivity index (χ0n) is 15.7. The number of anilines is 1. The molecular formula is C21H19ClN2O5. The van der Waals surface area contributed by atoms with Crippen LogP contribution in [0.5, 0.6) is 0 Å². The molecule has 150 valence electrons. The number of nitrogens with zero attached hydrogens (tertiary/aromatic N) is 1. The first-order chi connectivity index (χ1) is 13.9. The highest BCUT2D eigenvalue weighted by Crippen LogP contribution is 2.23. The van der Waals surface area contributed by atoms with Gasteiger partial charge in [-0.1, -0.05) is 35.9 Å². The molecule has 0 bridgehead atoms. The number of hydrogen-bond acceptors (Lipinski definition) is 5. The first-order valence-electron chi connectivity index (χ1n) is 9.00. The molecule has 3 amide bonds. The van der Waals surface area contributed by atoms with Crippen LogP contribution in [0.1, 0.15) is 27.9 Å². The van der Waals surface area contributed by atoms with E-state index in [1.54, 1.807) is 49.4 Å². The average Bonchev–Trinajstić information content (AvgIpc) is 2.69. The highest BCUT2D eigenvalue weighted by atomic mass is 35.5. The molecule has 0 spiro atoms. The summed E-state index contributed by atoms with van der Waals surface area (Å²) in [5.41, 5.74) is 2.36. The molecule has 3 rings (SSSR count). The molecule has 1 heterocycles. The van der Waals surface area contributed by atoms with Gasteiger partial charge in [0.2, 0.25) is 5.91 Å². The summed E-state index contributed by atoms with van der Waals surface area (Å²) in [4.78, 5) is 49.6. The van der Waals surface area contributed by atoms with Gasteiger partial charge in [-0.05, 0) is 36.2 Å². The van der Waals surface area contributed by atoms with Crippen molar-refractivity contribution in [3.8, 4) is 0 Å². The fraction of sp³-hybridized carbons (Fsp3) is 0.238. The summed E-state index contributed by atoms with van der Waals surface area (Å²) < 4.78 is 4.94. The second-order valence-corrected chi connectivity index (χ2v) is 6.96. The highest BCUT2D eigenvalue weighted by molar-refractivity contribution is 6.31. The summed E-state index contributed by atoms with van der Waals surface area (Å²) in [5.74, 6) is -1.99. The molecule has 0 atom stereocenters. The Morgan fingerprint density at radius 1 is 1.14 bits per heavy atom. The Kier molecular flexibility index (Phi) is 6.29. The van der Waals surface area contributed by atoms with Crippen LogP contribution in [-0.2, 0) is 25.5 Å². The number of benzene rings is 2. The van der Waals surface area contributed by atoms with E-state index in [0.717, 1.165) is 4.90 Å². The average molecular weight is 415 g/mol. The van der Waals surface area contributed by atoms with E-state index < -0.39 is 24.4 Å². The number of halogens is 1. The Bertz CT molecular complexity index is 989. The number of imide groups is 1. The van der Waals surface area contributed by atoms with E-state index in [1.807, 2.05) is 0 Å². The molecule has 0 unspecified atom stereocenters. The predicted octanol–water partition coefficient (Wildman–Crippen LogP) is 2.75. The van der Waals surface area contributed by atoms with Gasteiger partial charge in [-0.3, -0.25) is 24.1 Å². The van der Waals surface area contributed by atoms with Crippen LogP contribution in [0.4, 0.5) is 5.69 Å². The number of ether oxygens (including phenoxy) is 1.